The van der Waals surface area contributed by atoms with Crippen LogP contribution in [0, 0.1) is 11.8 Å². The van der Waals surface area contributed by atoms with E-state index >= 15 is 0 Å². The fourth-order valence-corrected chi connectivity index (χ4v) is 6.79. The minimum atomic E-state index is -0.891. The van der Waals surface area contributed by atoms with Crippen molar-refractivity contribution in [3.63, 3.8) is 0 Å². The fourth-order valence-electron chi connectivity index (χ4n) is 6.79. The summed E-state index contributed by atoms with van der Waals surface area (Å²) in [5, 5.41) is 3.80. The van der Waals surface area contributed by atoms with Crippen molar-refractivity contribution in [3.8, 4) is 0 Å². The van der Waals surface area contributed by atoms with Crippen LogP contribution < -0.4 is 5.32 Å². The lowest BCUT2D eigenvalue weighted by molar-refractivity contribution is -0.137. The molecular formula is C28H45N3O3. The van der Waals surface area contributed by atoms with Crippen LogP contribution in [0.15, 0.2) is 12.2 Å². The predicted octanol–water partition coefficient (Wildman–Crippen LogP) is 5.22. The molecule has 4 aliphatic rings. The molecule has 3 atom stereocenters. The molecule has 0 aromatic carbocycles. The van der Waals surface area contributed by atoms with Crippen molar-refractivity contribution in [2.75, 3.05) is 20.1 Å². The number of carbonyl (C=O) groups is 3. The molecule has 6 heteroatoms. The van der Waals surface area contributed by atoms with Gasteiger partial charge in [0.15, 0.2) is 5.78 Å². The van der Waals surface area contributed by atoms with Crippen molar-refractivity contribution in [3.05, 3.63) is 12.2 Å². The van der Waals surface area contributed by atoms with Crippen molar-refractivity contribution in [1.29, 1.82) is 0 Å². The number of Topliss-reactive ketones (excluding diaryl/α,β-unsaturated/α-hetero) is 1. The standard InChI is InChI=1S/C28H45N3O3/c1-27(23-14-10-9-11-15-23)25(33)31(26(34)30(27)2)21-24(32)22-16-19-28(29-20-22)17-12-7-5-3-4-6-8-13-18-28/h10,14,22-23,29H,3-9,11-13,15-21H2,1-2H3. The van der Waals surface area contributed by atoms with Crippen LogP contribution in [0.1, 0.15) is 103 Å². The molecule has 3 fully saturated rings. The van der Waals surface area contributed by atoms with Crippen LogP contribution in [-0.2, 0) is 9.59 Å². The van der Waals surface area contributed by atoms with Crippen LogP contribution in [0.3, 0.4) is 0 Å². The van der Waals surface area contributed by atoms with Gasteiger partial charge in [-0.15, -0.1) is 0 Å². The van der Waals surface area contributed by atoms with E-state index in [2.05, 4.69) is 17.5 Å². The first kappa shape index (κ1) is 25.4. The van der Waals surface area contributed by atoms with Crippen LogP contribution in [0.25, 0.3) is 0 Å². The number of amides is 3. The number of rotatable bonds is 4. The first-order valence-electron chi connectivity index (χ1n) is 13.9. The number of piperidine rings is 1. The Labute approximate surface area is 205 Å². The van der Waals surface area contributed by atoms with Crippen LogP contribution >= 0.6 is 0 Å². The minimum absolute atomic E-state index is 0.0100. The lowest BCUT2D eigenvalue weighted by Crippen LogP contribution is -2.54. The average molecular weight is 472 g/mol. The zero-order valence-electron chi connectivity index (χ0n) is 21.4. The van der Waals surface area contributed by atoms with Gasteiger partial charge in [-0.2, -0.15) is 0 Å². The smallest absolute Gasteiger partial charge is 0.312 e. The Morgan fingerprint density at radius 1 is 0.971 bits per heavy atom. The summed E-state index contributed by atoms with van der Waals surface area (Å²) in [6.07, 6.45) is 22.0. The molecule has 6 nitrogen and oxygen atoms in total. The Balaban J connectivity index is 1.36. The van der Waals surface area contributed by atoms with Gasteiger partial charge in [0.1, 0.15) is 5.54 Å². The van der Waals surface area contributed by atoms with E-state index in [4.69, 9.17) is 0 Å². The lowest BCUT2D eigenvalue weighted by Gasteiger charge is -2.42. The van der Waals surface area contributed by atoms with Crippen molar-refractivity contribution < 1.29 is 14.4 Å². The van der Waals surface area contributed by atoms with Gasteiger partial charge in [0, 0.05) is 31.0 Å². The zero-order valence-corrected chi connectivity index (χ0v) is 21.4. The Hall–Kier alpha value is -1.69. The maximum absolute atomic E-state index is 13.4. The van der Waals surface area contributed by atoms with Crippen LogP contribution in [0.5, 0.6) is 0 Å². The van der Waals surface area contributed by atoms with E-state index in [9.17, 15) is 14.4 Å². The highest BCUT2D eigenvalue weighted by molar-refractivity contribution is 6.09. The average Bonchev–Trinajstić information content (AvgIpc) is 3.00. The first-order chi connectivity index (χ1) is 16.4. The molecule has 1 saturated carbocycles. The number of urea groups is 1. The van der Waals surface area contributed by atoms with Gasteiger partial charge < -0.3 is 10.2 Å². The molecule has 34 heavy (non-hydrogen) atoms. The van der Waals surface area contributed by atoms with Crippen molar-refractivity contribution >= 4 is 17.7 Å². The van der Waals surface area contributed by atoms with Gasteiger partial charge in [0.25, 0.3) is 5.91 Å². The largest absolute Gasteiger partial charge is 0.327 e. The summed E-state index contributed by atoms with van der Waals surface area (Å²) in [7, 11) is 1.71. The molecule has 190 valence electrons. The molecule has 2 aliphatic carbocycles. The number of carbonyl (C=O) groups excluding carboxylic acids is 3. The third-order valence-corrected chi connectivity index (χ3v) is 9.39. The second-order valence-electron chi connectivity index (χ2n) is 11.5. The van der Waals surface area contributed by atoms with E-state index in [0.29, 0.717) is 6.54 Å². The topological polar surface area (TPSA) is 69.7 Å². The SMILES string of the molecule is CN1C(=O)N(CC(=O)C2CCC3(CCCCCCCCCC3)NC2)C(=O)C1(C)C1C=CCCC1. The molecule has 3 amide bonds. The van der Waals surface area contributed by atoms with Crippen LogP contribution in [0.2, 0.25) is 0 Å². The summed E-state index contributed by atoms with van der Waals surface area (Å²) in [6.45, 7) is 2.45. The Bertz CT molecular complexity index is 772. The van der Waals surface area contributed by atoms with E-state index in [1.165, 1.54) is 69.1 Å². The lowest BCUT2D eigenvalue weighted by atomic mass is 9.76. The van der Waals surface area contributed by atoms with E-state index in [-0.39, 0.29) is 41.6 Å². The zero-order chi connectivity index (χ0) is 24.2. The Kier molecular flexibility index (Phi) is 8.16. The predicted molar refractivity (Wildman–Crippen MR) is 134 cm³/mol. The molecule has 1 spiro atoms. The number of hydrogen-bond acceptors (Lipinski definition) is 4. The molecule has 0 aromatic rings. The van der Waals surface area contributed by atoms with Crippen LogP contribution in [0.4, 0.5) is 4.79 Å². The van der Waals surface area contributed by atoms with Gasteiger partial charge in [-0.1, -0.05) is 63.5 Å². The quantitative estimate of drug-likeness (QED) is 0.451. The third-order valence-electron chi connectivity index (χ3n) is 9.39. The number of nitrogens with zero attached hydrogens (tertiary/aromatic N) is 2. The van der Waals surface area contributed by atoms with Crippen molar-refractivity contribution in [1.82, 2.24) is 15.1 Å². The highest BCUT2D eigenvalue weighted by Gasteiger charge is 2.56. The molecule has 1 N–H and O–H groups in total. The Morgan fingerprint density at radius 2 is 1.62 bits per heavy atom. The minimum Gasteiger partial charge on any atom is -0.312 e. The fraction of sp³-hybridized carbons (Fsp3) is 0.821. The van der Waals surface area contributed by atoms with E-state index in [0.717, 1.165) is 32.1 Å². The van der Waals surface area contributed by atoms with Gasteiger partial charge in [0.2, 0.25) is 0 Å². The van der Waals surface area contributed by atoms with E-state index in [1.807, 2.05) is 6.92 Å². The van der Waals surface area contributed by atoms with Gasteiger partial charge in [-0.25, -0.2) is 4.79 Å². The Morgan fingerprint density at radius 3 is 2.18 bits per heavy atom. The molecule has 0 aromatic heterocycles. The number of nitrogens with one attached hydrogen (secondary N) is 1. The number of hydrogen-bond donors (Lipinski definition) is 1. The number of allylic oxidation sites excluding steroid dienone is 1. The summed E-state index contributed by atoms with van der Waals surface area (Å²) < 4.78 is 0. The third kappa shape index (κ3) is 5.12. The summed E-state index contributed by atoms with van der Waals surface area (Å²) >= 11 is 0. The van der Waals surface area contributed by atoms with Gasteiger partial charge in [0.05, 0.1) is 6.54 Å². The molecule has 0 bridgehead atoms. The monoisotopic (exact) mass is 471 g/mol. The highest BCUT2D eigenvalue weighted by atomic mass is 16.2. The maximum atomic E-state index is 13.4. The summed E-state index contributed by atoms with van der Waals surface area (Å²) in [5.74, 6) is -0.293. The first-order valence-corrected chi connectivity index (χ1v) is 13.9. The second-order valence-corrected chi connectivity index (χ2v) is 11.5. The second kappa shape index (κ2) is 10.9. The van der Waals surface area contributed by atoms with Crippen molar-refractivity contribution in [2.45, 2.75) is 114 Å². The van der Waals surface area contributed by atoms with Gasteiger partial charge in [-0.3, -0.25) is 14.5 Å². The number of likely N-dealkylation sites (N-methyl/N-ethyl adjacent to an activating group) is 1. The number of imide groups is 1. The normalized spacial score (nSPS) is 33.2. The van der Waals surface area contributed by atoms with Gasteiger partial charge >= 0.3 is 6.03 Å². The van der Waals surface area contributed by atoms with Crippen molar-refractivity contribution in [2.24, 2.45) is 11.8 Å². The maximum Gasteiger partial charge on any atom is 0.327 e. The molecule has 4 rings (SSSR count). The number of ketones is 1. The van der Waals surface area contributed by atoms with E-state index < -0.39 is 5.54 Å². The molecule has 2 heterocycles. The summed E-state index contributed by atoms with van der Waals surface area (Å²) in [5.41, 5.74) is -0.718. The molecular weight excluding hydrogens is 426 g/mol. The highest BCUT2D eigenvalue weighted by Crippen LogP contribution is 2.39. The summed E-state index contributed by atoms with van der Waals surface area (Å²) in [4.78, 5) is 42.5. The van der Waals surface area contributed by atoms with E-state index in [1.54, 1.807) is 11.9 Å². The molecule has 2 saturated heterocycles. The molecule has 2 aliphatic heterocycles. The molecule has 0 radical (unpaired) electrons. The van der Waals surface area contributed by atoms with Crippen LogP contribution in [-0.4, -0.2) is 58.7 Å². The van der Waals surface area contributed by atoms with Gasteiger partial charge in [-0.05, 0) is 51.9 Å². The molecule has 3 unspecified atom stereocenters. The summed E-state index contributed by atoms with van der Waals surface area (Å²) in [6, 6.07) is -0.330.